The predicted octanol–water partition coefficient (Wildman–Crippen LogP) is 3.95. The molecule has 2 heterocycles. The number of para-hydroxylation sites is 1. The van der Waals surface area contributed by atoms with Crippen molar-refractivity contribution in [2.24, 2.45) is 0 Å². The number of fused-ring (bicyclic) bond motifs is 1. The second kappa shape index (κ2) is 6.16. The Balaban J connectivity index is 1.71. The van der Waals surface area contributed by atoms with Gasteiger partial charge in [-0.05, 0) is 35.1 Å². The summed E-state index contributed by atoms with van der Waals surface area (Å²) in [5.74, 6) is 1.01. The van der Waals surface area contributed by atoms with E-state index in [1.54, 1.807) is 11.3 Å². The molecule has 1 aliphatic heterocycles. The van der Waals surface area contributed by atoms with Gasteiger partial charge in [0, 0.05) is 39.9 Å². The number of benzene rings is 1. The first-order valence-electron chi connectivity index (χ1n) is 6.62. The average molecular weight is 353 g/mol. The minimum absolute atomic E-state index is 0.742. The third kappa shape index (κ3) is 3.16. The van der Waals surface area contributed by atoms with Crippen LogP contribution >= 0.6 is 27.3 Å². The monoisotopic (exact) mass is 352 g/mol. The fourth-order valence-electron chi connectivity index (χ4n) is 2.41. The normalized spacial score (nSPS) is 13.8. The van der Waals surface area contributed by atoms with Crippen molar-refractivity contribution < 1.29 is 4.74 Å². The van der Waals surface area contributed by atoms with Gasteiger partial charge in [0.05, 0.1) is 5.69 Å². The molecule has 0 saturated carbocycles. The third-order valence-corrected chi connectivity index (χ3v) is 4.93. The first kappa shape index (κ1) is 13.9. The van der Waals surface area contributed by atoms with Gasteiger partial charge in [-0.25, -0.2) is 0 Å². The first-order chi connectivity index (χ1) is 9.72. The minimum atomic E-state index is 0.742. The Kier molecular flexibility index (Phi) is 4.29. The first-order valence-corrected chi connectivity index (χ1v) is 8.29. The molecule has 106 valence electrons. The van der Waals surface area contributed by atoms with Crippen LogP contribution in [0.25, 0.3) is 0 Å². The highest BCUT2D eigenvalue weighted by Gasteiger charge is 2.15. The third-order valence-electron chi connectivity index (χ3n) is 3.25. The molecular weight excluding hydrogens is 336 g/mol. The number of thiophene rings is 1. The summed E-state index contributed by atoms with van der Waals surface area (Å²) in [6.07, 6.45) is 0. The van der Waals surface area contributed by atoms with Gasteiger partial charge >= 0.3 is 0 Å². The molecule has 20 heavy (non-hydrogen) atoms. The molecule has 0 fully saturated rings. The maximum atomic E-state index is 5.82. The second-order valence-electron chi connectivity index (χ2n) is 4.97. The summed E-state index contributed by atoms with van der Waals surface area (Å²) < 4.78 is 6.98. The summed E-state index contributed by atoms with van der Waals surface area (Å²) in [5, 5.41) is 5.51. The van der Waals surface area contributed by atoms with Crippen LogP contribution in [-0.2, 0) is 13.1 Å². The zero-order valence-corrected chi connectivity index (χ0v) is 13.8. The van der Waals surface area contributed by atoms with E-state index in [9.17, 15) is 0 Å². The number of ether oxygens (including phenoxy) is 1. The van der Waals surface area contributed by atoms with Crippen LogP contribution in [0.15, 0.2) is 34.1 Å². The quantitative estimate of drug-likeness (QED) is 0.901. The van der Waals surface area contributed by atoms with Crippen LogP contribution in [-0.4, -0.2) is 25.1 Å². The number of hydrogen-bond donors (Lipinski definition) is 1. The average Bonchev–Trinajstić information content (AvgIpc) is 2.84. The molecule has 3 rings (SSSR count). The molecule has 0 bridgehead atoms. The van der Waals surface area contributed by atoms with Crippen LogP contribution in [0.5, 0.6) is 5.75 Å². The minimum Gasteiger partial charge on any atom is -0.489 e. The molecule has 0 aliphatic carbocycles. The molecule has 5 heteroatoms. The van der Waals surface area contributed by atoms with E-state index in [1.165, 1.54) is 10.4 Å². The molecule has 1 N–H and O–H groups in total. The molecule has 3 nitrogen and oxygen atoms in total. The molecule has 2 aromatic rings. The van der Waals surface area contributed by atoms with E-state index in [-0.39, 0.29) is 0 Å². The molecule has 0 saturated heterocycles. The van der Waals surface area contributed by atoms with Gasteiger partial charge < -0.3 is 10.1 Å². The lowest BCUT2D eigenvalue weighted by Crippen LogP contribution is -2.22. The van der Waals surface area contributed by atoms with Crippen molar-refractivity contribution >= 4 is 33.0 Å². The summed E-state index contributed by atoms with van der Waals surface area (Å²) >= 11 is 5.29. The standard InChI is InChI=1S/C15H17BrN2OS/c1-18(9-13-7-12(16)10-20-13)8-11-3-2-4-14-15(11)19-6-5-17-14/h2-4,7,10,17H,5-6,8-9H2,1H3. The summed E-state index contributed by atoms with van der Waals surface area (Å²) in [7, 11) is 2.14. The van der Waals surface area contributed by atoms with Crippen molar-refractivity contribution in [3.63, 3.8) is 0 Å². The number of nitrogens with zero attached hydrogens (tertiary/aromatic N) is 1. The molecule has 0 spiro atoms. The van der Waals surface area contributed by atoms with E-state index < -0.39 is 0 Å². The Bertz CT molecular complexity index is 599. The molecular formula is C15H17BrN2OS. The molecule has 0 unspecified atom stereocenters. The molecule has 1 aliphatic rings. The molecule has 1 aromatic carbocycles. The molecule has 1 aromatic heterocycles. The van der Waals surface area contributed by atoms with Crippen LogP contribution in [0.2, 0.25) is 0 Å². The van der Waals surface area contributed by atoms with Gasteiger partial charge in [0.25, 0.3) is 0 Å². The van der Waals surface area contributed by atoms with E-state index in [0.29, 0.717) is 0 Å². The Morgan fingerprint density at radius 2 is 2.30 bits per heavy atom. The molecule has 0 amide bonds. The lowest BCUT2D eigenvalue weighted by Gasteiger charge is -2.24. The Morgan fingerprint density at radius 3 is 3.10 bits per heavy atom. The van der Waals surface area contributed by atoms with Gasteiger partial charge in [-0.1, -0.05) is 12.1 Å². The van der Waals surface area contributed by atoms with Gasteiger partial charge in [-0.15, -0.1) is 11.3 Å². The van der Waals surface area contributed by atoms with Crippen molar-refractivity contribution in [3.8, 4) is 5.75 Å². The largest absolute Gasteiger partial charge is 0.489 e. The van der Waals surface area contributed by atoms with Gasteiger partial charge in [-0.2, -0.15) is 0 Å². The van der Waals surface area contributed by atoms with Crippen LogP contribution in [0.3, 0.4) is 0 Å². The van der Waals surface area contributed by atoms with Crippen molar-refractivity contribution in [2.45, 2.75) is 13.1 Å². The highest BCUT2D eigenvalue weighted by Crippen LogP contribution is 2.32. The smallest absolute Gasteiger partial charge is 0.146 e. The van der Waals surface area contributed by atoms with Crippen LogP contribution in [0, 0.1) is 0 Å². The van der Waals surface area contributed by atoms with Crippen molar-refractivity contribution in [2.75, 3.05) is 25.5 Å². The Morgan fingerprint density at radius 1 is 1.40 bits per heavy atom. The fourth-order valence-corrected chi connectivity index (χ4v) is 3.94. The Labute approximate surface area is 131 Å². The predicted molar refractivity (Wildman–Crippen MR) is 87.6 cm³/mol. The highest BCUT2D eigenvalue weighted by atomic mass is 79.9. The zero-order chi connectivity index (χ0) is 13.9. The van der Waals surface area contributed by atoms with E-state index in [4.69, 9.17) is 4.74 Å². The van der Waals surface area contributed by atoms with E-state index >= 15 is 0 Å². The van der Waals surface area contributed by atoms with Crippen LogP contribution < -0.4 is 10.1 Å². The number of halogens is 1. The van der Waals surface area contributed by atoms with Crippen LogP contribution in [0.1, 0.15) is 10.4 Å². The maximum absolute atomic E-state index is 5.82. The Hall–Kier alpha value is -1.04. The van der Waals surface area contributed by atoms with Gasteiger partial charge in [-0.3, -0.25) is 4.90 Å². The number of nitrogens with one attached hydrogen (secondary N) is 1. The van der Waals surface area contributed by atoms with E-state index in [0.717, 1.165) is 42.2 Å². The SMILES string of the molecule is CN(Cc1cc(Br)cs1)Cc1cccc2c1OCCN2. The summed E-state index contributed by atoms with van der Waals surface area (Å²) in [6, 6.07) is 8.49. The van der Waals surface area contributed by atoms with Crippen molar-refractivity contribution in [3.05, 3.63) is 44.6 Å². The van der Waals surface area contributed by atoms with Crippen molar-refractivity contribution in [1.29, 1.82) is 0 Å². The molecule has 0 radical (unpaired) electrons. The number of rotatable bonds is 4. The van der Waals surface area contributed by atoms with Crippen molar-refractivity contribution in [1.82, 2.24) is 4.90 Å². The number of anilines is 1. The van der Waals surface area contributed by atoms with Gasteiger partial charge in [0.1, 0.15) is 12.4 Å². The summed E-state index contributed by atoms with van der Waals surface area (Å²) in [4.78, 5) is 3.68. The maximum Gasteiger partial charge on any atom is 0.146 e. The zero-order valence-electron chi connectivity index (χ0n) is 11.4. The van der Waals surface area contributed by atoms with Gasteiger partial charge in [0.15, 0.2) is 0 Å². The van der Waals surface area contributed by atoms with E-state index in [1.807, 2.05) is 0 Å². The summed E-state index contributed by atoms with van der Waals surface area (Å²) in [6.45, 7) is 3.47. The lowest BCUT2D eigenvalue weighted by atomic mass is 10.1. The number of hydrogen-bond acceptors (Lipinski definition) is 4. The van der Waals surface area contributed by atoms with E-state index in [2.05, 4.69) is 62.8 Å². The fraction of sp³-hybridized carbons (Fsp3) is 0.333. The second-order valence-corrected chi connectivity index (χ2v) is 6.88. The van der Waals surface area contributed by atoms with Crippen LogP contribution in [0.4, 0.5) is 5.69 Å². The summed E-state index contributed by atoms with van der Waals surface area (Å²) in [5.41, 5.74) is 2.36. The van der Waals surface area contributed by atoms with Gasteiger partial charge in [0.2, 0.25) is 0 Å². The topological polar surface area (TPSA) is 24.5 Å². The molecule has 0 atom stereocenters. The lowest BCUT2D eigenvalue weighted by molar-refractivity contribution is 0.292. The highest BCUT2D eigenvalue weighted by molar-refractivity contribution is 9.10.